The van der Waals surface area contributed by atoms with Crippen molar-refractivity contribution in [3.63, 3.8) is 0 Å². The molecular formula is C10H17NS2. The van der Waals surface area contributed by atoms with Crippen LogP contribution in [0.2, 0.25) is 0 Å². The monoisotopic (exact) mass is 215 g/mol. The van der Waals surface area contributed by atoms with Crippen LogP contribution in [0.1, 0.15) is 19.3 Å². The lowest BCUT2D eigenvalue weighted by molar-refractivity contribution is 0.342. The predicted molar refractivity (Wildman–Crippen MR) is 63.3 cm³/mol. The number of rotatable bonds is 2. The summed E-state index contributed by atoms with van der Waals surface area (Å²) in [7, 11) is 4.06. The van der Waals surface area contributed by atoms with Gasteiger partial charge in [0.15, 0.2) is 0 Å². The van der Waals surface area contributed by atoms with E-state index in [1.165, 1.54) is 50.4 Å². The minimum atomic E-state index is 1.20. The summed E-state index contributed by atoms with van der Waals surface area (Å²) in [5.74, 6) is 2.60. The summed E-state index contributed by atoms with van der Waals surface area (Å²) in [4.78, 5) is 2.58. The summed E-state index contributed by atoms with van der Waals surface area (Å²) < 4.78 is 0. The zero-order valence-electron chi connectivity index (χ0n) is 8.00. The van der Waals surface area contributed by atoms with Gasteiger partial charge in [-0.1, -0.05) is 33.2 Å². The van der Waals surface area contributed by atoms with Gasteiger partial charge in [0.1, 0.15) is 0 Å². The summed E-state index contributed by atoms with van der Waals surface area (Å²) in [6, 6.07) is 0. The van der Waals surface area contributed by atoms with E-state index in [1.54, 1.807) is 5.57 Å². The SMILES string of the molecule is C(CN1CCSSCC1)=C1CCC1. The van der Waals surface area contributed by atoms with Crippen molar-refractivity contribution in [2.24, 2.45) is 0 Å². The van der Waals surface area contributed by atoms with E-state index in [4.69, 9.17) is 0 Å². The van der Waals surface area contributed by atoms with Crippen LogP contribution in [0.4, 0.5) is 0 Å². The van der Waals surface area contributed by atoms with Crippen LogP contribution >= 0.6 is 21.6 Å². The Morgan fingerprint density at radius 3 is 2.38 bits per heavy atom. The van der Waals surface area contributed by atoms with Crippen LogP contribution < -0.4 is 0 Å². The first-order valence-electron chi connectivity index (χ1n) is 5.10. The molecule has 0 amide bonds. The molecule has 2 rings (SSSR count). The van der Waals surface area contributed by atoms with Crippen LogP contribution in [0.3, 0.4) is 0 Å². The smallest absolute Gasteiger partial charge is 0.0166 e. The van der Waals surface area contributed by atoms with Crippen molar-refractivity contribution in [3.05, 3.63) is 11.6 Å². The molecule has 1 aliphatic carbocycles. The van der Waals surface area contributed by atoms with E-state index >= 15 is 0 Å². The summed E-state index contributed by atoms with van der Waals surface area (Å²) >= 11 is 0. The first-order chi connectivity index (χ1) is 6.45. The number of allylic oxidation sites excluding steroid dienone is 1. The fourth-order valence-corrected chi connectivity index (χ4v) is 3.64. The normalized spacial score (nSPS) is 25.1. The molecule has 2 fully saturated rings. The van der Waals surface area contributed by atoms with E-state index in [1.807, 2.05) is 21.6 Å². The Morgan fingerprint density at radius 2 is 1.85 bits per heavy atom. The third kappa shape index (κ3) is 3.22. The van der Waals surface area contributed by atoms with Crippen molar-refractivity contribution >= 4 is 21.6 Å². The minimum Gasteiger partial charge on any atom is -0.298 e. The molecule has 13 heavy (non-hydrogen) atoms. The zero-order valence-corrected chi connectivity index (χ0v) is 9.63. The Labute approximate surface area is 88.7 Å². The molecule has 1 nitrogen and oxygen atoms in total. The summed E-state index contributed by atoms with van der Waals surface area (Å²) in [5.41, 5.74) is 1.70. The molecule has 1 saturated carbocycles. The van der Waals surface area contributed by atoms with Gasteiger partial charge < -0.3 is 0 Å². The Bertz CT molecular complexity index is 177. The molecule has 0 N–H and O–H groups in total. The fourth-order valence-electron chi connectivity index (χ4n) is 1.59. The minimum absolute atomic E-state index is 1.20. The highest BCUT2D eigenvalue weighted by Crippen LogP contribution is 2.26. The Kier molecular flexibility index (Phi) is 4.07. The Balaban J connectivity index is 1.72. The molecule has 0 aromatic rings. The average Bonchev–Trinajstić information content (AvgIpc) is 2.30. The second-order valence-corrected chi connectivity index (χ2v) is 6.36. The molecule has 2 aliphatic rings. The lowest BCUT2D eigenvalue weighted by Gasteiger charge is -2.20. The molecule has 0 aromatic heterocycles. The molecule has 0 spiro atoms. The molecule has 0 bridgehead atoms. The Hall–Kier alpha value is 0.400. The van der Waals surface area contributed by atoms with Gasteiger partial charge in [-0.15, -0.1) is 0 Å². The van der Waals surface area contributed by atoms with Crippen LogP contribution in [0, 0.1) is 0 Å². The largest absolute Gasteiger partial charge is 0.298 e. The number of hydrogen-bond donors (Lipinski definition) is 0. The van der Waals surface area contributed by atoms with E-state index < -0.39 is 0 Å². The van der Waals surface area contributed by atoms with Crippen LogP contribution in [-0.2, 0) is 0 Å². The van der Waals surface area contributed by atoms with E-state index in [0.29, 0.717) is 0 Å². The van der Waals surface area contributed by atoms with Crippen molar-refractivity contribution in [1.82, 2.24) is 4.90 Å². The first-order valence-corrected chi connectivity index (χ1v) is 7.58. The maximum Gasteiger partial charge on any atom is 0.0166 e. The lowest BCUT2D eigenvalue weighted by atomic mass is 9.92. The first kappa shape index (κ1) is 9.94. The molecule has 74 valence electrons. The molecule has 1 heterocycles. The summed E-state index contributed by atoms with van der Waals surface area (Å²) in [6.45, 7) is 3.76. The van der Waals surface area contributed by atoms with Crippen molar-refractivity contribution in [2.75, 3.05) is 31.1 Å². The summed E-state index contributed by atoms with van der Waals surface area (Å²) in [5, 5.41) is 0. The second-order valence-electron chi connectivity index (χ2n) is 3.66. The molecule has 0 unspecified atom stereocenters. The van der Waals surface area contributed by atoms with E-state index in [-0.39, 0.29) is 0 Å². The third-order valence-electron chi connectivity index (χ3n) is 2.70. The van der Waals surface area contributed by atoms with Gasteiger partial charge in [0.2, 0.25) is 0 Å². The van der Waals surface area contributed by atoms with Crippen LogP contribution in [0.15, 0.2) is 11.6 Å². The standard InChI is InChI=1S/C10H17NS2/c1-2-10(3-1)4-5-11-6-8-12-13-9-7-11/h4H,1-3,5-9H2. The highest BCUT2D eigenvalue weighted by molar-refractivity contribution is 8.76. The molecule has 0 aromatic carbocycles. The number of hydrogen-bond acceptors (Lipinski definition) is 3. The van der Waals surface area contributed by atoms with Gasteiger partial charge in [0.25, 0.3) is 0 Å². The molecule has 1 saturated heterocycles. The molecule has 3 heteroatoms. The Morgan fingerprint density at radius 1 is 1.15 bits per heavy atom. The van der Waals surface area contributed by atoms with Crippen LogP contribution in [-0.4, -0.2) is 36.0 Å². The van der Waals surface area contributed by atoms with Crippen LogP contribution in [0.5, 0.6) is 0 Å². The maximum absolute atomic E-state index is 2.58. The fraction of sp³-hybridized carbons (Fsp3) is 0.800. The van der Waals surface area contributed by atoms with Crippen molar-refractivity contribution in [1.29, 1.82) is 0 Å². The van der Waals surface area contributed by atoms with E-state index in [2.05, 4.69) is 11.0 Å². The third-order valence-corrected chi connectivity index (χ3v) is 5.06. The van der Waals surface area contributed by atoms with Crippen molar-refractivity contribution in [2.45, 2.75) is 19.3 Å². The molecule has 0 atom stereocenters. The van der Waals surface area contributed by atoms with E-state index in [0.717, 1.165) is 0 Å². The van der Waals surface area contributed by atoms with Crippen molar-refractivity contribution in [3.8, 4) is 0 Å². The predicted octanol–water partition coefficient (Wildman–Crippen LogP) is 2.79. The van der Waals surface area contributed by atoms with Gasteiger partial charge in [-0.2, -0.15) is 0 Å². The number of nitrogens with zero attached hydrogens (tertiary/aromatic N) is 1. The van der Waals surface area contributed by atoms with Gasteiger partial charge in [-0.05, 0) is 19.3 Å². The zero-order chi connectivity index (χ0) is 8.93. The highest BCUT2D eigenvalue weighted by atomic mass is 33.1. The lowest BCUT2D eigenvalue weighted by Crippen LogP contribution is -2.27. The maximum atomic E-state index is 2.58. The van der Waals surface area contributed by atoms with Crippen LogP contribution in [0.25, 0.3) is 0 Å². The topological polar surface area (TPSA) is 3.24 Å². The van der Waals surface area contributed by atoms with E-state index in [9.17, 15) is 0 Å². The highest BCUT2D eigenvalue weighted by Gasteiger charge is 2.10. The molecule has 1 aliphatic heterocycles. The van der Waals surface area contributed by atoms with Gasteiger partial charge in [-0.25, -0.2) is 0 Å². The van der Waals surface area contributed by atoms with Gasteiger partial charge >= 0.3 is 0 Å². The average molecular weight is 215 g/mol. The molecular weight excluding hydrogens is 198 g/mol. The van der Waals surface area contributed by atoms with Gasteiger partial charge in [0, 0.05) is 31.1 Å². The van der Waals surface area contributed by atoms with Gasteiger partial charge in [0.05, 0.1) is 0 Å². The quantitative estimate of drug-likeness (QED) is 0.515. The molecule has 0 radical (unpaired) electrons. The van der Waals surface area contributed by atoms with Gasteiger partial charge in [-0.3, -0.25) is 4.90 Å². The summed E-state index contributed by atoms with van der Waals surface area (Å²) in [6.07, 6.45) is 6.64. The second kappa shape index (κ2) is 5.32. The van der Waals surface area contributed by atoms with Crippen molar-refractivity contribution < 1.29 is 0 Å².